The highest BCUT2D eigenvalue weighted by Crippen LogP contribution is 2.13. The molecule has 14 heavy (non-hydrogen) atoms. The third kappa shape index (κ3) is 1.93. The standard InChI is InChI=1S/C11H19N3/c1-10-4-3-5-12-11(10)14-8-6-13(2)7-9-14/h3-4,12H,5-9H2,1-2H3. The van der Waals surface area contributed by atoms with Gasteiger partial charge in [0.25, 0.3) is 0 Å². The van der Waals surface area contributed by atoms with Crippen LogP contribution in [0, 0.1) is 0 Å². The zero-order valence-electron chi connectivity index (χ0n) is 9.08. The zero-order valence-corrected chi connectivity index (χ0v) is 9.08. The van der Waals surface area contributed by atoms with Crippen LogP contribution in [0.1, 0.15) is 6.92 Å². The summed E-state index contributed by atoms with van der Waals surface area (Å²) in [5.41, 5.74) is 1.36. The Morgan fingerprint density at radius 3 is 2.57 bits per heavy atom. The Bertz CT molecular complexity index is 260. The molecule has 0 amide bonds. The van der Waals surface area contributed by atoms with Gasteiger partial charge in [-0.1, -0.05) is 12.2 Å². The van der Waals surface area contributed by atoms with E-state index in [2.05, 4.69) is 41.2 Å². The molecule has 0 aromatic carbocycles. The van der Waals surface area contributed by atoms with E-state index in [9.17, 15) is 0 Å². The molecule has 2 heterocycles. The van der Waals surface area contributed by atoms with Crippen molar-refractivity contribution in [3.63, 3.8) is 0 Å². The van der Waals surface area contributed by atoms with Crippen molar-refractivity contribution in [2.45, 2.75) is 6.92 Å². The van der Waals surface area contributed by atoms with E-state index in [1.165, 1.54) is 24.5 Å². The fourth-order valence-corrected chi connectivity index (χ4v) is 2.00. The third-order valence-electron chi connectivity index (χ3n) is 2.95. The van der Waals surface area contributed by atoms with E-state index in [4.69, 9.17) is 0 Å². The van der Waals surface area contributed by atoms with E-state index < -0.39 is 0 Å². The van der Waals surface area contributed by atoms with Gasteiger partial charge in [-0.2, -0.15) is 0 Å². The van der Waals surface area contributed by atoms with Crippen LogP contribution in [-0.2, 0) is 0 Å². The topological polar surface area (TPSA) is 18.5 Å². The van der Waals surface area contributed by atoms with Gasteiger partial charge in [0.1, 0.15) is 5.82 Å². The molecule has 0 aliphatic carbocycles. The molecule has 2 aliphatic rings. The van der Waals surface area contributed by atoms with Crippen molar-refractivity contribution < 1.29 is 0 Å². The molecule has 0 aromatic rings. The molecule has 78 valence electrons. The molecule has 0 saturated carbocycles. The van der Waals surface area contributed by atoms with Gasteiger partial charge in [-0.25, -0.2) is 0 Å². The Morgan fingerprint density at radius 2 is 1.93 bits per heavy atom. The first-order chi connectivity index (χ1) is 6.77. The SMILES string of the molecule is CC1=C(N2CCN(C)CC2)NCC=C1. The number of likely N-dealkylation sites (N-methyl/N-ethyl adjacent to an activating group) is 1. The number of hydrogen-bond acceptors (Lipinski definition) is 3. The first kappa shape index (κ1) is 9.59. The molecule has 1 N–H and O–H groups in total. The van der Waals surface area contributed by atoms with E-state index in [-0.39, 0.29) is 0 Å². The summed E-state index contributed by atoms with van der Waals surface area (Å²) in [6, 6.07) is 0. The quantitative estimate of drug-likeness (QED) is 0.659. The molecule has 0 atom stereocenters. The molecule has 0 unspecified atom stereocenters. The van der Waals surface area contributed by atoms with E-state index in [0.717, 1.165) is 19.6 Å². The van der Waals surface area contributed by atoms with Gasteiger partial charge in [0.15, 0.2) is 0 Å². The van der Waals surface area contributed by atoms with Crippen molar-refractivity contribution in [1.29, 1.82) is 0 Å². The van der Waals surface area contributed by atoms with Crippen LogP contribution < -0.4 is 5.32 Å². The summed E-state index contributed by atoms with van der Waals surface area (Å²) < 4.78 is 0. The van der Waals surface area contributed by atoms with Crippen LogP contribution >= 0.6 is 0 Å². The fourth-order valence-electron chi connectivity index (χ4n) is 2.00. The van der Waals surface area contributed by atoms with Crippen LogP contribution in [-0.4, -0.2) is 49.6 Å². The lowest BCUT2D eigenvalue weighted by atomic mass is 10.2. The molecule has 3 nitrogen and oxygen atoms in total. The van der Waals surface area contributed by atoms with E-state index >= 15 is 0 Å². The van der Waals surface area contributed by atoms with E-state index in [1.54, 1.807) is 0 Å². The van der Waals surface area contributed by atoms with Crippen molar-refractivity contribution in [1.82, 2.24) is 15.1 Å². The highest BCUT2D eigenvalue weighted by Gasteiger charge is 2.17. The van der Waals surface area contributed by atoms with Crippen LogP contribution in [0.2, 0.25) is 0 Å². The first-order valence-corrected chi connectivity index (χ1v) is 5.32. The summed E-state index contributed by atoms with van der Waals surface area (Å²) >= 11 is 0. The van der Waals surface area contributed by atoms with Crippen molar-refractivity contribution in [2.24, 2.45) is 0 Å². The Labute approximate surface area is 86.1 Å². The number of allylic oxidation sites excluding steroid dienone is 2. The number of hydrogen-bond donors (Lipinski definition) is 1. The van der Waals surface area contributed by atoms with Crippen molar-refractivity contribution in [3.05, 3.63) is 23.5 Å². The molecule has 3 heteroatoms. The number of piperazine rings is 1. The first-order valence-electron chi connectivity index (χ1n) is 5.32. The van der Waals surface area contributed by atoms with Gasteiger partial charge in [0, 0.05) is 32.7 Å². The fraction of sp³-hybridized carbons (Fsp3) is 0.636. The monoisotopic (exact) mass is 193 g/mol. The molecule has 0 radical (unpaired) electrons. The predicted molar refractivity (Wildman–Crippen MR) is 58.9 cm³/mol. The van der Waals surface area contributed by atoms with Gasteiger partial charge in [-0.15, -0.1) is 0 Å². The lowest BCUT2D eigenvalue weighted by molar-refractivity contribution is 0.177. The second-order valence-corrected chi connectivity index (χ2v) is 4.11. The normalized spacial score (nSPS) is 24.0. The second kappa shape index (κ2) is 4.05. The van der Waals surface area contributed by atoms with Crippen molar-refractivity contribution >= 4 is 0 Å². The molecule has 2 rings (SSSR count). The Hall–Kier alpha value is -0.960. The minimum atomic E-state index is 0.971. The highest BCUT2D eigenvalue weighted by atomic mass is 15.3. The Kier molecular flexibility index (Phi) is 2.77. The predicted octanol–water partition coefficient (Wildman–Crippen LogP) is 0.625. The number of nitrogens with one attached hydrogen (secondary N) is 1. The van der Waals surface area contributed by atoms with E-state index in [0.29, 0.717) is 0 Å². The second-order valence-electron chi connectivity index (χ2n) is 4.11. The molecular formula is C11H19N3. The maximum atomic E-state index is 3.45. The highest BCUT2D eigenvalue weighted by molar-refractivity contribution is 5.26. The lowest BCUT2D eigenvalue weighted by Gasteiger charge is -2.37. The summed E-state index contributed by atoms with van der Waals surface area (Å²) in [4.78, 5) is 4.84. The molecule has 1 fully saturated rings. The third-order valence-corrected chi connectivity index (χ3v) is 2.95. The van der Waals surface area contributed by atoms with E-state index in [1.807, 2.05) is 0 Å². The largest absolute Gasteiger partial charge is 0.368 e. The maximum Gasteiger partial charge on any atom is 0.105 e. The van der Waals surface area contributed by atoms with Crippen LogP contribution in [0.15, 0.2) is 23.5 Å². The minimum absolute atomic E-state index is 0.971. The molecule has 0 spiro atoms. The van der Waals surface area contributed by atoms with Gasteiger partial charge < -0.3 is 15.1 Å². The number of rotatable bonds is 1. The average molecular weight is 193 g/mol. The average Bonchev–Trinajstić information content (AvgIpc) is 2.20. The van der Waals surface area contributed by atoms with Crippen molar-refractivity contribution in [3.8, 4) is 0 Å². The molecule has 1 saturated heterocycles. The van der Waals surface area contributed by atoms with Crippen LogP contribution in [0.3, 0.4) is 0 Å². The molecule has 0 bridgehead atoms. The Balaban J connectivity index is 2.04. The Morgan fingerprint density at radius 1 is 1.21 bits per heavy atom. The lowest BCUT2D eigenvalue weighted by Crippen LogP contribution is -2.47. The summed E-state index contributed by atoms with van der Waals surface area (Å²) in [5.74, 6) is 1.33. The minimum Gasteiger partial charge on any atom is -0.368 e. The number of nitrogens with zero attached hydrogens (tertiary/aromatic N) is 2. The maximum absolute atomic E-state index is 3.45. The van der Waals surface area contributed by atoms with Gasteiger partial charge in [0.05, 0.1) is 0 Å². The van der Waals surface area contributed by atoms with Gasteiger partial charge in [-0.3, -0.25) is 0 Å². The zero-order chi connectivity index (χ0) is 9.97. The van der Waals surface area contributed by atoms with Crippen molar-refractivity contribution in [2.75, 3.05) is 39.8 Å². The molecule has 2 aliphatic heterocycles. The number of dihydropyridines is 1. The van der Waals surface area contributed by atoms with Crippen LogP contribution in [0.5, 0.6) is 0 Å². The summed E-state index contributed by atoms with van der Waals surface area (Å²) in [5, 5.41) is 3.45. The van der Waals surface area contributed by atoms with Crippen LogP contribution in [0.25, 0.3) is 0 Å². The van der Waals surface area contributed by atoms with Crippen LogP contribution in [0.4, 0.5) is 0 Å². The van der Waals surface area contributed by atoms with Gasteiger partial charge in [0.2, 0.25) is 0 Å². The smallest absolute Gasteiger partial charge is 0.105 e. The molecule has 0 aromatic heterocycles. The van der Waals surface area contributed by atoms with Gasteiger partial charge >= 0.3 is 0 Å². The summed E-state index contributed by atoms with van der Waals surface area (Å²) in [6.07, 6.45) is 4.39. The molecular weight excluding hydrogens is 174 g/mol. The summed E-state index contributed by atoms with van der Waals surface area (Å²) in [6.45, 7) is 7.77. The summed E-state index contributed by atoms with van der Waals surface area (Å²) in [7, 11) is 2.19. The van der Waals surface area contributed by atoms with Gasteiger partial charge in [-0.05, 0) is 19.5 Å².